The van der Waals surface area contributed by atoms with Gasteiger partial charge in [-0.15, -0.1) is 5.10 Å². The topological polar surface area (TPSA) is 56.7 Å². The van der Waals surface area contributed by atoms with Crippen molar-refractivity contribution in [1.29, 1.82) is 0 Å². The van der Waals surface area contributed by atoms with E-state index in [-0.39, 0.29) is 0 Å². The van der Waals surface area contributed by atoms with E-state index in [4.69, 9.17) is 5.73 Å². The Hall–Kier alpha value is -1.04. The number of nitrogens with two attached hydrogens (primary N) is 1. The van der Waals surface area contributed by atoms with Gasteiger partial charge in [-0.05, 0) is 0 Å². The molecule has 0 saturated heterocycles. The molecule has 1 aromatic heterocycles. The minimum Gasteiger partial charge on any atom is -0.329 e. The molecule has 0 aliphatic rings. The predicted molar refractivity (Wildman–Crippen MR) is 38.6 cm³/mol. The standard InChI is InChI=1S/C6H10F2N4/c1-6(7,8)5-10-4-12(11-5)3-2-9/h4H,2-3,9H2,1H3. The second kappa shape index (κ2) is 3.14. The Kier molecular flexibility index (Phi) is 2.37. The summed E-state index contributed by atoms with van der Waals surface area (Å²) in [5, 5.41) is 3.55. The molecule has 4 nitrogen and oxygen atoms in total. The lowest BCUT2D eigenvalue weighted by atomic mass is 10.4. The molecular formula is C6H10F2N4. The first-order chi connectivity index (χ1) is 5.54. The Morgan fingerprint density at radius 3 is 2.75 bits per heavy atom. The molecule has 2 N–H and O–H groups in total. The Balaban J connectivity index is 2.77. The van der Waals surface area contributed by atoms with Crippen LogP contribution >= 0.6 is 0 Å². The van der Waals surface area contributed by atoms with Crippen LogP contribution in [0.5, 0.6) is 0 Å². The molecule has 1 heterocycles. The fourth-order valence-electron chi connectivity index (χ4n) is 0.736. The van der Waals surface area contributed by atoms with Crippen LogP contribution in [0.1, 0.15) is 12.7 Å². The van der Waals surface area contributed by atoms with E-state index in [1.54, 1.807) is 0 Å². The molecule has 0 saturated carbocycles. The van der Waals surface area contributed by atoms with Gasteiger partial charge in [0, 0.05) is 13.5 Å². The first kappa shape index (κ1) is 9.05. The average molecular weight is 176 g/mol. The minimum atomic E-state index is -2.97. The summed E-state index contributed by atoms with van der Waals surface area (Å²) in [6.07, 6.45) is 1.25. The zero-order valence-electron chi connectivity index (χ0n) is 6.67. The van der Waals surface area contributed by atoms with Gasteiger partial charge in [-0.3, -0.25) is 4.68 Å². The molecule has 0 spiro atoms. The molecule has 68 valence electrons. The van der Waals surface area contributed by atoms with Crippen molar-refractivity contribution in [3.05, 3.63) is 12.2 Å². The molecule has 0 atom stereocenters. The van der Waals surface area contributed by atoms with Crippen molar-refractivity contribution in [3.8, 4) is 0 Å². The fraction of sp³-hybridized carbons (Fsp3) is 0.667. The van der Waals surface area contributed by atoms with Crippen molar-refractivity contribution in [3.63, 3.8) is 0 Å². The normalized spacial score (nSPS) is 12.0. The van der Waals surface area contributed by atoms with Crippen LogP contribution in [0.2, 0.25) is 0 Å². The number of halogens is 2. The van der Waals surface area contributed by atoms with Crippen LogP contribution in [0.15, 0.2) is 6.33 Å². The number of nitrogens with zero attached hydrogens (tertiary/aromatic N) is 3. The summed E-state index contributed by atoms with van der Waals surface area (Å²) in [6.45, 7) is 1.52. The van der Waals surface area contributed by atoms with E-state index in [9.17, 15) is 8.78 Å². The zero-order chi connectivity index (χ0) is 9.19. The molecule has 0 aromatic carbocycles. The molecule has 12 heavy (non-hydrogen) atoms. The maximum absolute atomic E-state index is 12.5. The lowest BCUT2D eigenvalue weighted by Gasteiger charge is -2.03. The van der Waals surface area contributed by atoms with E-state index in [0.29, 0.717) is 13.1 Å². The van der Waals surface area contributed by atoms with Gasteiger partial charge in [-0.25, -0.2) is 4.98 Å². The van der Waals surface area contributed by atoms with Crippen molar-refractivity contribution in [2.45, 2.75) is 19.4 Å². The Morgan fingerprint density at radius 1 is 1.67 bits per heavy atom. The van der Waals surface area contributed by atoms with Gasteiger partial charge in [0.2, 0.25) is 5.82 Å². The number of alkyl halides is 2. The smallest absolute Gasteiger partial charge is 0.305 e. The third-order valence-electron chi connectivity index (χ3n) is 1.29. The van der Waals surface area contributed by atoms with Crippen LogP contribution in [0.3, 0.4) is 0 Å². The maximum Gasteiger partial charge on any atom is 0.305 e. The third-order valence-corrected chi connectivity index (χ3v) is 1.29. The quantitative estimate of drug-likeness (QED) is 0.722. The highest BCUT2D eigenvalue weighted by Crippen LogP contribution is 2.22. The predicted octanol–water partition coefficient (Wildman–Crippen LogP) is 0.349. The fourth-order valence-corrected chi connectivity index (χ4v) is 0.736. The number of hydrogen-bond acceptors (Lipinski definition) is 3. The van der Waals surface area contributed by atoms with E-state index >= 15 is 0 Å². The van der Waals surface area contributed by atoms with Crippen molar-refractivity contribution >= 4 is 0 Å². The highest BCUT2D eigenvalue weighted by atomic mass is 19.3. The molecule has 0 aliphatic carbocycles. The summed E-state index contributed by atoms with van der Waals surface area (Å²) in [5.41, 5.74) is 5.20. The van der Waals surface area contributed by atoms with E-state index in [0.717, 1.165) is 6.92 Å². The van der Waals surface area contributed by atoms with E-state index in [2.05, 4.69) is 10.1 Å². The summed E-state index contributed by atoms with van der Waals surface area (Å²) in [4.78, 5) is 3.45. The van der Waals surface area contributed by atoms with Crippen LogP contribution in [0.4, 0.5) is 8.78 Å². The summed E-state index contributed by atoms with van der Waals surface area (Å²) >= 11 is 0. The van der Waals surface area contributed by atoms with Gasteiger partial charge in [0.15, 0.2) is 0 Å². The van der Waals surface area contributed by atoms with Crippen molar-refractivity contribution in [2.75, 3.05) is 6.54 Å². The average Bonchev–Trinajstić information content (AvgIpc) is 2.35. The first-order valence-corrected chi connectivity index (χ1v) is 3.52. The van der Waals surface area contributed by atoms with Gasteiger partial charge in [0.1, 0.15) is 6.33 Å². The van der Waals surface area contributed by atoms with Crippen molar-refractivity contribution in [1.82, 2.24) is 14.8 Å². The molecule has 1 aromatic rings. The van der Waals surface area contributed by atoms with E-state index in [1.165, 1.54) is 11.0 Å². The molecule has 0 radical (unpaired) electrons. The van der Waals surface area contributed by atoms with E-state index < -0.39 is 11.7 Å². The van der Waals surface area contributed by atoms with Crippen LogP contribution in [0, 0.1) is 0 Å². The minimum absolute atomic E-state index is 0.359. The van der Waals surface area contributed by atoms with Gasteiger partial charge in [-0.2, -0.15) is 8.78 Å². The molecule has 0 amide bonds. The number of aromatic nitrogens is 3. The highest BCUT2D eigenvalue weighted by molar-refractivity contribution is 4.90. The molecule has 0 unspecified atom stereocenters. The van der Waals surface area contributed by atoms with Gasteiger partial charge >= 0.3 is 5.92 Å². The first-order valence-electron chi connectivity index (χ1n) is 3.52. The second-order valence-corrected chi connectivity index (χ2v) is 2.51. The lowest BCUT2D eigenvalue weighted by molar-refractivity contribution is 0.00757. The Bertz CT molecular complexity index is 252. The van der Waals surface area contributed by atoms with Crippen LogP contribution in [-0.2, 0) is 12.5 Å². The highest BCUT2D eigenvalue weighted by Gasteiger charge is 2.29. The number of hydrogen-bond donors (Lipinski definition) is 1. The maximum atomic E-state index is 12.5. The SMILES string of the molecule is CC(F)(F)c1ncn(CCN)n1. The lowest BCUT2D eigenvalue weighted by Crippen LogP contribution is -2.13. The molecule has 1 rings (SSSR count). The van der Waals surface area contributed by atoms with Crippen LogP contribution in [0.25, 0.3) is 0 Å². The second-order valence-electron chi connectivity index (χ2n) is 2.51. The summed E-state index contributed by atoms with van der Waals surface area (Å²) in [5.74, 6) is -3.43. The van der Waals surface area contributed by atoms with Gasteiger partial charge < -0.3 is 5.73 Å². The molecule has 0 bridgehead atoms. The number of rotatable bonds is 3. The molecular weight excluding hydrogens is 166 g/mol. The van der Waals surface area contributed by atoms with Gasteiger partial charge in [0.25, 0.3) is 0 Å². The van der Waals surface area contributed by atoms with Crippen molar-refractivity contribution in [2.24, 2.45) is 5.73 Å². The largest absolute Gasteiger partial charge is 0.329 e. The van der Waals surface area contributed by atoms with Crippen LogP contribution < -0.4 is 5.73 Å². The summed E-state index contributed by atoms with van der Waals surface area (Å²) in [7, 11) is 0. The molecule has 6 heteroatoms. The van der Waals surface area contributed by atoms with E-state index in [1.807, 2.05) is 0 Å². The van der Waals surface area contributed by atoms with Gasteiger partial charge in [0.05, 0.1) is 6.54 Å². The summed E-state index contributed by atoms with van der Waals surface area (Å²) < 4.78 is 26.4. The van der Waals surface area contributed by atoms with Crippen molar-refractivity contribution < 1.29 is 8.78 Å². The Morgan fingerprint density at radius 2 is 2.33 bits per heavy atom. The summed E-state index contributed by atoms with van der Waals surface area (Å²) in [6, 6.07) is 0. The molecule has 0 fully saturated rings. The Labute approximate surface area is 68.4 Å². The molecule has 0 aliphatic heterocycles. The monoisotopic (exact) mass is 176 g/mol. The van der Waals surface area contributed by atoms with Crippen LogP contribution in [-0.4, -0.2) is 21.3 Å². The van der Waals surface area contributed by atoms with Gasteiger partial charge in [-0.1, -0.05) is 0 Å². The zero-order valence-corrected chi connectivity index (χ0v) is 6.67. The third kappa shape index (κ3) is 1.97.